The third kappa shape index (κ3) is 8.30. The lowest BCUT2D eigenvalue weighted by atomic mass is 10.3. The molecule has 0 saturated heterocycles. The fourth-order valence-corrected chi connectivity index (χ4v) is 1.33. The van der Waals surface area contributed by atoms with Crippen LogP contribution in [-0.4, -0.2) is 66.9 Å². The maximum atomic E-state index is 11.9. The van der Waals surface area contributed by atoms with Crippen molar-refractivity contribution in [2.75, 3.05) is 32.9 Å². The molecule has 0 rings (SSSR count). The standard InChI is InChI=1S/C12H22N2O6/c1-4-20-11(17)7-14(9(2)3)12(18)13-5-6-19-8-10(15)16/h9H,4-8H2,1-3H3,(H,13,18)(H,15,16). The number of carboxylic acid groups (broad SMARTS) is 1. The van der Waals surface area contributed by atoms with Gasteiger partial charge < -0.3 is 24.8 Å². The lowest BCUT2D eigenvalue weighted by molar-refractivity contribution is -0.144. The van der Waals surface area contributed by atoms with Gasteiger partial charge in [0.2, 0.25) is 0 Å². The maximum Gasteiger partial charge on any atom is 0.329 e. The van der Waals surface area contributed by atoms with Crippen LogP contribution in [0.25, 0.3) is 0 Å². The van der Waals surface area contributed by atoms with Gasteiger partial charge in [0.1, 0.15) is 13.2 Å². The largest absolute Gasteiger partial charge is 0.480 e. The van der Waals surface area contributed by atoms with E-state index >= 15 is 0 Å². The van der Waals surface area contributed by atoms with E-state index in [0.717, 1.165) is 0 Å². The quantitative estimate of drug-likeness (QED) is 0.460. The summed E-state index contributed by atoms with van der Waals surface area (Å²) < 4.78 is 9.57. The van der Waals surface area contributed by atoms with E-state index in [-0.39, 0.29) is 32.3 Å². The summed E-state index contributed by atoms with van der Waals surface area (Å²) in [5, 5.41) is 10.9. The minimum absolute atomic E-state index is 0.0867. The van der Waals surface area contributed by atoms with Gasteiger partial charge in [-0.05, 0) is 20.8 Å². The third-order valence-electron chi connectivity index (χ3n) is 2.24. The van der Waals surface area contributed by atoms with Crippen molar-refractivity contribution < 1.29 is 29.0 Å². The van der Waals surface area contributed by atoms with Crippen molar-refractivity contribution in [3.63, 3.8) is 0 Å². The number of hydrogen-bond acceptors (Lipinski definition) is 5. The highest BCUT2D eigenvalue weighted by atomic mass is 16.5. The zero-order valence-electron chi connectivity index (χ0n) is 12.0. The number of amides is 2. The number of nitrogens with one attached hydrogen (secondary N) is 1. The number of carbonyl (C=O) groups excluding carboxylic acids is 2. The molecule has 0 bridgehead atoms. The number of ether oxygens (including phenoxy) is 2. The Balaban J connectivity index is 4.10. The fraction of sp³-hybridized carbons (Fsp3) is 0.750. The van der Waals surface area contributed by atoms with Crippen LogP contribution >= 0.6 is 0 Å². The first-order valence-corrected chi connectivity index (χ1v) is 6.38. The number of carboxylic acids is 1. The van der Waals surface area contributed by atoms with Crippen LogP contribution < -0.4 is 5.32 Å². The molecule has 2 N–H and O–H groups in total. The molecular formula is C12H22N2O6. The molecule has 0 aromatic rings. The second kappa shape index (κ2) is 10.0. The number of aliphatic carboxylic acids is 1. The summed E-state index contributed by atoms with van der Waals surface area (Å²) in [7, 11) is 0. The molecule has 2 amide bonds. The van der Waals surface area contributed by atoms with E-state index < -0.39 is 24.6 Å². The lowest BCUT2D eigenvalue weighted by Gasteiger charge is -2.25. The summed E-state index contributed by atoms with van der Waals surface area (Å²) in [5.41, 5.74) is 0. The molecule has 0 saturated carbocycles. The number of urea groups is 1. The van der Waals surface area contributed by atoms with Crippen LogP contribution in [0.1, 0.15) is 20.8 Å². The van der Waals surface area contributed by atoms with Crippen LogP contribution in [0.3, 0.4) is 0 Å². The zero-order chi connectivity index (χ0) is 15.5. The summed E-state index contributed by atoms with van der Waals surface area (Å²) in [6.07, 6.45) is 0. The van der Waals surface area contributed by atoms with Gasteiger partial charge in [0.05, 0.1) is 13.2 Å². The third-order valence-corrected chi connectivity index (χ3v) is 2.24. The number of hydrogen-bond donors (Lipinski definition) is 2. The van der Waals surface area contributed by atoms with Gasteiger partial charge in [-0.15, -0.1) is 0 Å². The summed E-state index contributed by atoms with van der Waals surface area (Å²) >= 11 is 0. The second-order valence-corrected chi connectivity index (χ2v) is 4.20. The topological polar surface area (TPSA) is 105 Å². The monoisotopic (exact) mass is 290 g/mol. The van der Waals surface area contributed by atoms with Crippen molar-refractivity contribution in [3.05, 3.63) is 0 Å². The smallest absolute Gasteiger partial charge is 0.329 e. The van der Waals surface area contributed by atoms with Crippen LogP contribution in [-0.2, 0) is 19.1 Å². The molecule has 0 atom stereocenters. The summed E-state index contributed by atoms with van der Waals surface area (Å²) in [5.74, 6) is -1.54. The number of carbonyl (C=O) groups is 3. The molecule has 0 aliphatic heterocycles. The van der Waals surface area contributed by atoms with Crippen LogP contribution in [0.5, 0.6) is 0 Å². The van der Waals surface area contributed by atoms with Crippen LogP contribution in [0.4, 0.5) is 4.79 Å². The van der Waals surface area contributed by atoms with Gasteiger partial charge >= 0.3 is 18.0 Å². The highest BCUT2D eigenvalue weighted by Gasteiger charge is 2.20. The maximum absolute atomic E-state index is 11.9. The van der Waals surface area contributed by atoms with E-state index in [4.69, 9.17) is 14.6 Å². The summed E-state index contributed by atoms with van der Waals surface area (Å²) in [4.78, 5) is 34.8. The van der Waals surface area contributed by atoms with Gasteiger partial charge in [-0.3, -0.25) is 4.79 Å². The molecule has 0 aromatic heterocycles. The van der Waals surface area contributed by atoms with Gasteiger partial charge in [-0.1, -0.05) is 0 Å². The first-order valence-electron chi connectivity index (χ1n) is 6.38. The van der Waals surface area contributed by atoms with Gasteiger partial charge in [0.15, 0.2) is 0 Å². The Morgan fingerprint density at radius 3 is 2.45 bits per heavy atom. The molecular weight excluding hydrogens is 268 g/mol. The highest BCUT2D eigenvalue weighted by molar-refractivity contribution is 5.81. The molecule has 0 fully saturated rings. The Bertz CT molecular complexity index is 332. The average molecular weight is 290 g/mol. The fourth-order valence-electron chi connectivity index (χ4n) is 1.33. The van der Waals surface area contributed by atoms with E-state index in [1.54, 1.807) is 20.8 Å². The minimum atomic E-state index is -1.07. The van der Waals surface area contributed by atoms with Crippen LogP contribution in [0.15, 0.2) is 0 Å². The van der Waals surface area contributed by atoms with Crippen LogP contribution in [0, 0.1) is 0 Å². The van der Waals surface area contributed by atoms with Crippen molar-refractivity contribution in [1.82, 2.24) is 10.2 Å². The van der Waals surface area contributed by atoms with E-state index in [9.17, 15) is 14.4 Å². The molecule has 20 heavy (non-hydrogen) atoms. The molecule has 8 nitrogen and oxygen atoms in total. The zero-order valence-corrected chi connectivity index (χ0v) is 12.0. The van der Waals surface area contributed by atoms with E-state index in [1.165, 1.54) is 4.90 Å². The molecule has 8 heteroatoms. The average Bonchev–Trinajstić information content (AvgIpc) is 2.34. The van der Waals surface area contributed by atoms with E-state index in [1.807, 2.05) is 0 Å². The van der Waals surface area contributed by atoms with Crippen molar-refractivity contribution >= 4 is 18.0 Å². The normalized spacial score (nSPS) is 10.2. The first kappa shape index (κ1) is 18.2. The highest BCUT2D eigenvalue weighted by Crippen LogP contribution is 1.99. The Hall–Kier alpha value is -1.83. The Morgan fingerprint density at radius 2 is 1.95 bits per heavy atom. The minimum Gasteiger partial charge on any atom is -0.480 e. The Labute approximate surface area is 118 Å². The molecule has 0 aliphatic carbocycles. The molecule has 0 aromatic carbocycles. The Kier molecular flexibility index (Phi) is 9.10. The van der Waals surface area contributed by atoms with Gasteiger partial charge in [0.25, 0.3) is 0 Å². The first-order chi connectivity index (χ1) is 9.38. The molecule has 0 aliphatic rings. The molecule has 0 heterocycles. The Morgan fingerprint density at radius 1 is 1.30 bits per heavy atom. The van der Waals surface area contributed by atoms with Gasteiger partial charge in [0, 0.05) is 12.6 Å². The van der Waals surface area contributed by atoms with Crippen LogP contribution in [0.2, 0.25) is 0 Å². The summed E-state index contributed by atoms with van der Waals surface area (Å²) in [6.45, 7) is 5.22. The number of rotatable bonds is 9. The second-order valence-electron chi connectivity index (χ2n) is 4.20. The number of nitrogens with zero attached hydrogens (tertiary/aromatic N) is 1. The van der Waals surface area contributed by atoms with Crippen molar-refractivity contribution in [2.45, 2.75) is 26.8 Å². The SMILES string of the molecule is CCOC(=O)CN(C(=O)NCCOCC(=O)O)C(C)C. The number of esters is 1. The molecule has 0 radical (unpaired) electrons. The lowest BCUT2D eigenvalue weighted by Crippen LogP contribution is -2.47. The predicted octanol–water partition coefficient (Wildman–Crippen LogP) is 0.0707. The van der Waals surface area contributed by atoms with Crippen molar-refractivity contribution in [1.29, 1.82) is 0 Å². The molecule has 0 spiro atoms. The molecule has 116 valence electrons. The summed E-state index contributed by atoms with van der Waals surface area (Å²) in [6, 6.07) is -0.591. The van der Waals surface area contributed by atoms with Gasteiger partial charge in [-0.25, -0.2) is 9.59 Å². The van der Waals surface area contributed by atoms with Gasteiger partial charge in [-0.2, -0.15) is 0 Å². The van der Waals surface area contributed by atoms with Crippen molar-refractivity contribution in [3.8, 4) is 0 Å². The van der Waals surface area contributed by atoms with E-state index in [2.05, 4.69) is 5.32 Å². The predicted molar refractivity (Wildman–Crippen MR) is 70.3 cm³/mol. The van der Waals surface area contributed by atoms with Crippen molar-refractivity contribution in [2.24, 2.45) is 0 Å². The van der Waals surface area contributed by atoms with E-state index in [0.29, 0.717) is 0 Å². The molecule has 0 unspecified atom stereocenters.